The minimum atomic E-state index is 0.591. The zero-order valence-corrected chi connectivity index (χ0v) is 18.9. The Hall–Kier alpha value is -1.68. The Morgan fingerprint density at radius 3 is 1.74 bits per heavy atom. The predicted octanol–water partition coefficient (Wildman–Crippen LogP) is 6.25. The fraction of sp³-hybridized carbons (Fsp3) is 0.652. The van der Waals surface area contributed by atoms with E-state index >= 15 is 0 Å². The molecule has 4 heteroatoms. The van der Waals surface area contributed by atoms with Crippen LogP contribution in [0.4, 0.5) is 0 Å². The second kappa shape index (κ2) is 15.4. The highest BCUT2D eigenvalue weighted by Gasteiger charge is 2.13. The van der Waals surface area contributed by atoms with E-state index in [4.69, 9.17) is 0 Å². The number of aromatic nitrogens is 3. The number of hydrogen-bond acceptors (Lipinski definition) is 3. The van der Waals surface area contributed by atoms with Crippen molar-refractivity contribution in [1.82, 2.24) is 20.1 Å². The minimum absolute atomic E-state index is 0.591. The number of aromatic amines is 1. The summed E-state index contributed by atoms with van der Waals surface area (Å²) in [6, 6.07) is 4.84. The molecule has 154 valence electrons. The van der Waals surface area contributed by atoms with E-state index in [-0.39, 0.29) is 0 Å². The molecule has 0 amide bonds. The van der Waals surface area contributed by atoms with Crippen molar-refractivity contribution < 1.29 is 0 Å². The van der Waals surface area contributed by atoms with E-state index in [1.165, 1.54) is 37.1 Å². The SMILES string of the molecule is CC.CC(C)N1CCCC1.CC(C)c1cccnc1.CC(C)c1cn[nH]c1. The van der Waals surface area contributed by atoms with Crippen LogP contribution in [0.2, 0.25) is 0 Å². The number of hydrogen-bond donors (Lipinski definition) is 1. The summed E-state index contributed by atoms with van der Waals surface area (Å²) >= 11 is 0. The van der Waals surface area contributed by atoms with Crippen LogP contribution in [0, 0.1) is 0 Å². The molecule has 1 N–H and O–H groups in total. The average molecular weight is 375 g/mol. The lowest BCUT2D eigenvalue weighted by Crippen LogP contribution is -2.26. The largest absolute Gasteiger partial charge is 0.301 e. The topological polar surface area (TPSA) is 44.8 Å². The molecule has 3 heterocycles. The number of rotatable bonds is 3. The molecule has 1 saturated heterocycles. The normalized spacial score (nSPS) is 13.4. The molecule has 0 atom stereocenters. The molecule has 1 aliphatic heterocycles. The molecule has 4 nitrogen and oxygen atoms in total. The summed E-state index contributed by atoms with van der Waals surface area (Å²) in [6.45, 7) is 19.8. The van der Waals surface area contributed by atoms with Gasteiger partial charge in [-0.15, -0.1) is 0 Å². The first-order valence-electron chi connectivity index (χ1n) is 10.5. The molecule has 2 aromatic rings. The molecule has 1 aliphatic rings. The van der Waals surface area contributed by atoms with Crippen LogP contribution in [0.25, 0.3) is 0 Å². The summed E-state index contributed by atoms with van der Waals surface area (Å²) in [5.41, 5.74) is 2.57. The fourth-order valence-electron chi connectivity index (χ4n) is 2.55. The van der Waals surface area contributed by atoms with Crippen molar-refractivity contribution in [3.05, 3.63) is 48.0 Å². The second-order valence-electron chi connectivity index (χ2n) is 7.46. The lowest BCUT2D eigenvalue weighted by Gasteiger charge is -2.18. The van der Waals surface area contributed by atoms with Gasteiger partial charge in [0.25, 0.3) is 0 Å². The smallest absolute Gasteiger partial charge is 0.0521 e. The van der Waals surface area contributed by atoms with Crippen LogP contribution in [0.1, 0.15) is 91.2 Å². The molecule has 3 rings (SSSR count). The van der Waals surface area contributed by atoms with Gasteiger partial charge in [-0.25, -0.2) is 0 Å². The maximum Gasteiger partial charge on any atom is 0.0521 e. The third-order valence-corrected chi connectivity index (χ3v) is 4.41. The molecule has 0 radical (unpaired) electrons. The van der Waals surface area contributed by atoms with Crippen molar-refractivity contribution in [3.8, 4) is 0 Å². The quantitative estimate of drug-likeness (QED) is 0.690. The third-order valence-electron chi connectivity index (χ3n) is 4.41. The molecule has 27 heavy (non-hydrogen) atoms. The Bertz CT molecular complexity index is 527. The van der Waals surface area contributed by atoms with Gasteiger partial charge in [0.2, 0.25) is 0 Å². The molecule has 0 spiro atoms. The van der Waals surface area contributed by atoms with Crippen molar-refractivity contribution in [2.75, 3.05) is 13.1 Å². The first kappa shape index (κ1) is 25.3. The van der Waals surface area contributed by atoms with E-state index < -0.39 is 0 Å². The van der Waals surface area contributed by atoms with Crippen LogP contribution in [0.3, 0.4) is 0 Å². The second-order valence-corrected chi connectivity index (χ2v) is 7.46. The van der Waals surface area contributed by atoms with E-state index in [0.717, 1.165) is 6.04 Å². The van der Waals surface area contributed by atoms with Crippen molar-refractivity contribution in [2.45, 2.75) is 86.1 Å². The van der Waals surface area contributed by atoms with Gasteiger partial charge < -0.3 is 4.90 Å². The lowest BCUT2D eigenvalue weighted by molar-refractivity contribution is 0.276. The average Bonchev–Trinajstić information content (AvgIpc) is 3.39. The molecule has 0 bridgehead atoms. The third kappa shape index (κ3) is 11.6. The Balaban J connectivity index is 0.000000359. The maximum absolute atomic E-state index is 4.01. The van der Waals surface area contributed by atoms with E-state index in [0.29, 0.717) is 11.8 Å². The van der Waals surface area contributed by atoms with E-state index in [1.54, 1.807) is 6.20 Å². The first-order valence-corrected chi connectivity index (χ1v) is 10.5. The molecule has 0 aromatic carbocycles. The van der Waals surface area contributed by atoms with Crippen LogP contribution in [-0.4, -0.2) is 39.2 Å². The van der Waals surface area contributed by atoms with Crippen LogP contribution in [0.5, 0.6) is 0 Å². The summed E-state index contributed by atoms with van der Waals surface area (Å²) in [5.74, 6) is 1.19. The summed E-state index contributed by atoms with van der Waals surface area (Å²) in [6.07, 6.45) is 10.3. The molecule has 0 saturated carbocycles. The molecule has 1 fully saturated rings. The number of likely N-dealkylation sites (tertiary alicyclic amines) is 1. The molecular weight excluding hydrogens is 332 g/mol. The van der Waals surface area contributed by atoms with Gasteiger partial charge in [0, 0.05) is 24.6 Å². The Morgan fingerprint density at radius 2 is 1.48 bits per heavy atom. The van der Waals surface area contributed by atoms with Gasteiger partial charge in [0.05, 0.1) is 6.20 Å². The van der Waals surface area contributed by atoms with Gasteiger partial charge in [0.1, 0.15) is 0 Å². The first-order chi connectivity index (χ1) is 12.9. The molecule has 0 aliphatic carbocycles. The maximum atomic E-state index is 4.01. The van der Waals surface area contributed by atoms with Crippen molar-refractivity contribution in [1.29, 1.82) is 0 Å². The van der Waals surface area contributed by atoms with Crippen molar-refractivity contribution in [3.63, 3.8) is 0 Å². The van der Waals surface area contributed by atoms with Crippen LogP contribution in [0.15, 0.2) is 36.9 Å². The summed E-state index contributed by atoms with van der Waals surface area (Å²) in [4.78, 5) is 6.53. The van der Waals surface area contributed by atoms with Crippen LogP contribution >= 0.6 is 0 Å². The van der Waals surface area contributed by atoms with Crippen LogP contribution < -0.4 is 0 Å². The van der Waals surface area contributed by atoms with Gasteiger partial charge in [-0.05, 0) is 68.8 Å². The molecule has 0 unspecified atom stereocenters. The summed E-state index contributed by atoms with van der Waals surface area (Å²) in [7, 11) is 0. The Kier molecular flexibility index (Phi) is 14.4. The highest BCUT2D eigenvalue weighted by atomic mass is 15.2. The van der Waals surface area contributed by atoms with Gasteiger partial charge in [-0.1, -0.05) is 47.6 Å². The highest BCUT2D eigenvalue weighted by Crippen LogP contribution is 2.11. The number of nitrogens with zero attached hydrogens (tertiary/aromatic N) is 3. The number of H-pyrrole nitrogens is 1. The van der Waals surface area contributed by atoms with Gasteiger partial charge in [-0.3, -0.25) is 10.1 Å². The zero-order valence-electron chi connectivity index (χ0n) is 18.9. The molecule has 2 aromatic heterocycles. The highest BCUT2D eigenvalue weighted by molar-refractivity contribution is 5.12. The predicted molar refractivity (Wildman–Crippen MR) is 118 cm³/mol. The minimum Gasteiger partial charge on any atom is -0.301 e. The standard InChI is InChI=1S/C8H11N.C7H15N.C6H10N2.C2H6/c1-7(2)8-4-3-5-9-6-8;1-7(2)8-5-3-4-6-8;1-5(2)6-3-7-8-4-6;1-2/h3-7H,1-2H3;7H,3-6H2,1-2H3;3-5H,1-2H3,(H,7,8);1-2H3. The number of pyridine rings is 1. The van der Waals surface area contributed by atoms with E-state index in [9.17, 15) is 0 Å². The monoisotopic (exact) mass is 374 g/mol. The van der Waals surface area contributed by atoms with E-state index in [2.05, 4.69) is 67.7 Å². The Labute approximate surface area is 167 Å². The summed E-state index contributed by atoms with van der Waals surface area (Å²) in [5, 5.41) is 6.58. The van der Waals surface area contributed by atoms with Crippen LogP contribution in [-0.2, 0) is 0 Å². The van der Waals surface area contributed by atoms with Gasteiger partial charge in [0.15, 0.2) is 0 Å². The fourth-order valence-corrected chi connectivity index (χ4v) is 2.55. The number of nitrogens with one attached hydrogen (secondary N) is 1. The Morgan fingerprint density at radius 1 is 0.889 bits per heavy atom. The van der Waals surface area contributed by atoms with Crippen molar-refractivity contribution in [2.24, 2.45) is 0 Å². The van der Waals surface area contributed by atoms with E-state index in [1.807, 2.05) is 38.5 Å². The lowest BCUT2D eigenvalue weighted by atomic mass is 10.1. The van der Waals surface area contributed by atoms with Crippen molar-refractivity contribution >= 4 is 0 Å². The van der Waals surface area contributed by atoms with Gasteiger partial charge >= 0.3 is 0 Å². The zero-order chi connectivity index (χ0) is 20.7. The van der Waals surface area contributed by atoms with Gasteiger partial charge in [-0.2, -0.15) is 5.10 Å². The molecular formula is C23H42N4. The summed E-state index contributed by atoms with van der Waals surface area (Å²) < 4.78 is 0.